The van der Waals surface area contributed by atoms with Crippen molar-refractivity contribution in [2.75, 3.05) is 0 Å². The highest BCUT2D eigenvalue weighted by atomic mass is 32.2. The number of halogens is 7. The third-order valence-electron chi connectivity index (χ3n) is 3.49. The second kappa shape index (κ2) is 6.53. The number of aromatic nitrogens is 2. The Kier molecular flexibility index (Phi) is 5.13. The lowest BCUT2D eigenvalue weighted by molar-refractivity contribution is -0.142. The van der Waals surface area contributed by atoms with Gasteiger partial charge in [-0.05, 0) is 13.8 Å². The maximum absolute atomic E-state index is 14.7. The Hall–Kier alpha value is -2.06. The lowest BCUT2D eigenvalue weighted by atomic mass is 10.1. The van der Waals surface area contributed by atoms with Gasteiger partial charge in [-0.2, -0.15) is 27.1 Å². The highest BCUT2D eigenvalue weighted by Gasteiger charge is 2.53. The molecule has 0 fully saturated rings. The summed E-state index contributed by atoms with van der Waals surface area (Å²) in [5.74, 6) is -1.48. The van der Waals surface area contributed by atoms with Gasteiger partial charge in [0.1, 0.15) is 0 Å². The summed E-state index contributed by atoms with van der Waals surface area (Å²) in [5, 5.41) is 4.19. The molecule has 1 aliphatic heterocycles. The standard InChI is InChI=1S/C12H12F7N3O4S/c1-11(2)5(13)8(21-26-11)27(23,24)7(14)4-6(12(17,18)19)20-22(3)9(4)25-10(15)16/h5,7,10H,1-3H3. The van der Waals surface area contributed by atoms with E-state index in [1.807, 2.05) is 0 Å². The van der Waals surface area contributed by atoms with Crippen LogP contribution in [0.3, 0.4) is 0 Å². The van der Waals surface area contributed by atoms with E-state index in [2.05, 4.69) is 19.8 Å². The number of rotatable bonds is 4. The molecule has 0 N–H and O–H groups in total. The SMILES string of the molecule is Cn1nc(C(F)(F)F)c(C(F)S(=O)(=O)C2=NOC(C)(C)C2F)c1OC(F)F. The summed E-state index contributed by atoms with van der Waals surface area (Å²) in [5.41, 5.74) is -9.44. The van der Waals surface area contributed by atoms with Crippen LogP contribution in [0.2, 0.25) is 0 Å². The lowest BCUT2D eigenvalue weighted by Gasteiger charge is -2.19. The molecule has 7 nitrogen and oxygen atoms in total. The van der Waals surface area contributed by atoms with Gasteiger partial charge in [0, 0.05) is 7.05 Å². The predicted octanol–water partition coefficient (Wildman–Crippen LogP) is 2.88. The fourth-order valence-electron chi connectivity index (χ4n) is 2.17. The molecule has 0 amide bonds. The molecule has 27 heavy (non-hydrogen) atoms. The monoisotopic (exact) mass is 427 g/mol. The maximum Gasteiger partial charge on any atom is 0.435 e. The highest BCUT2D eigenvalue weighted by Crippen LogP contribution is 2.44. The summed E-state index contributed by atoms with van der Waals surface area (Å²) in [4.78, 5) is 4.51. The van der Waals surface area contributed by atoms with Crippen LogP contribution in [0, 0.1) is 0 Å². The quantitative estimate of drug-likeness (QED) is 0.691. The van der Waals surface area contributed by atoms with Crippen molar-refractivity contribution in [1.82, 2.24) is 9.78 Å². The minimum absolute atomic E-state index is 0.0935. The number of alkyl halides is 7. The van der Waals surface area contributed by atoms with Gasteiger partial charge in [-0.15, -0.1) is 0 Å². The molecule has 2 heterocycles. The molecule has 1 aromatic rings. The molecule has 0 saturated carbocycles. The van der Waals surface area contributed by atoms with Crippen LogP contribution in [0.1, 0.15) is 30.6 Å². The summed E-state index contributed by atoms with van der Waals surface area (Å²) >= 11 is 0. The van der Waals surface area contributed by atoms with Gasteiger partial charge in [-0.25, -0.2) is 21.9 Å². The Morgan fingerprint density at radius 1 is 1.26 bits per heavy atom. The van der Waals surface area contributed by atoms with E-state index in [4.69, 9.17) is 0 Å². The van der Waals surface area contributed by atoms with Crippen molar-refractivity contribution < 1.29 is 48.7 Å². The smallest absolute Gasteiger partial charge is 0.417 e. The first kappa shape index (κ1) is 21.2. The van der Waals surface area contributed by atoms with Crippen molar-refractivity contribution in [3.05, 3.63) is 11.3 Å². The van der Waals surface area contributed by atoms with Crippen LogP contribution in [-0.2, 0) is 27.9 Å². The predicted molar refractivity (Wildman–Crippen MR) is 75.1 cm³/mol. The molecular formula is C12H12F7N3O4S. The molecule has 2 unspecified atom stereocenters. The van der Waals surface area contributed by atoms with Crippen molar-refractivity contribution in [1.29, 1.82) is 0 Å². The van der Waals surface area contributed by atoms with Gasteiger partial charge in [0.2, 0.25) is 26.3 Å². The molecule has 0 saturated heterocycles. The summed E-state index contributed by atoms with van der Waals surface area (Å²) in [6.45, 7) is -1.59. The van der Waals surface area contributed by atoms with Crippen LogP contribution in [0.4, 0.5) is 30.7 Å². The third-order valence-corrected chi connectivity index (χ3v) is 5.13. The molecule has 15 heteroatoms. The lowest BCUT2D eigenvalue weighted by Crippen LogP contribution is -2.38. The zero-order chi connectivity index (χ0) is 20.9. The van der Waals surface area contributed by atoms with Crippen molar-refractivity contribution in [2.45, 2.75) is 43.9 Å². The van der Waals surface area contributed by atoms with Crippen molar-refractivity contribution in [3.63, 3.8) is 0 Å². The zero-order valence-corrected chi connectivity index (χ0v) is 14.6. The number of ether oxygens (including phenoxy) is 1. The third kappa shape index (κ3) is 3.68. The minimum atomic E-state index is -5.53. The summed E-state index contributed by atoms with van der Waals surface area (Å²) in [7, 11) is -4.83. The molecule has 0 spiro atoms. The van der Waals surface area contributed by atoms with Gasteiger partial charge >= 0.3 is 12.8 Å². The van der Waals surface area contributed by atoms with E-state index in [0.717, 1.165) is 13.8 Å². The Morgan fingerprint density at radius 2 is 1.81 bits per heavy atom. The fraction of sp³-hybridized carbons (Fsp3) is 0.667. The highest BCUT2D eigenvalue weighted by molar-refractivity contribution is 8.06. The Labute approximate surface area is 147 Å². The van der Waals surface area contributed by atoms with Gasteiger partial charge in [-0.3, -0.25) is 0 Å². The molecule has 0 bridgehead atoms. The first-order valence-electron chi connectivity index (χ1n) is 6.97. The first-order valence-corrected chi connectivity index (χ1v) is 8.52. The van der Waals surface area contributed by atoms with Crippen LogP contribution < -0.4 is 4.74 Å². The van der Waals surface area contributed by atoms with E-state index < -0.39 is 62.1 Å². The number of nitrogens with zero attached hydrogens (tertiary/aromatic N) is 3. The van der Waals surface area contributed by atoms with Gasteiger partial charge in [0.05, 0.1) is 5.56 Å². The van der Waals surface area contributed by atoms with Crippen molar-refractivity contribution >= 4 is 14.9 Å². The summed E-state index contributed by atoms with van der Waals surface area (Å²) in [6, 6.07) is 0. The Morgan fingerprint density at radius 3 is 2.22 bits per heavy atom. The van der Waals surface area contributed by atoms with Gasteiger partial charge in [0.15, 0.2) is 17.5 Å². The number of sulfone groups is 1. The summed E-state index contributed by atoms with van der Waals surface area (Å²) in [6.07, 6.45) is -7.93. The van der Waals surface area contributed by atoms with Crippen LogP contribution in [0.15, 0.2) is 5.16 Å². The number of hydrogen-bond acceptors (Lipinski definition) is 6. The minimum Gasteiger partial charge on any atom is -0.417 e. The van der Waals surface area contributed by atoms with E-state index in [9.17, 15) is 39.2 Å². The molecule has 1 aromatic heterocycles. The second-order valence-electron chi connectivity index (χ2n) is 5.92. The maximum atomic E-state index is 14.7. The fourth-order valence-corrected chi connectivity index (χ4v) is 3.62. The van der Waals surface area contributed by atoms with Gasteiger partial charge in [0.25, 0.3) is 0 Å². The largest absolute Gasteiger partial charge is 0.435 e. The first-order chi connectivity index (χ1) is 12.1. The molecule has 0 radical (unpaired) electrons. The van der Waals surface area contributed by atoms with Crippen LogP contribution in [-0.4, -0.2) is 41.6 Å². The molecule has 1 aliphatic rings. The van der Waals surface area contributed by atoms with Crippen molar-refractivity contribution in [2.24, 2.45) is 12.2 Å². The summed E-state index contributed by atoms with van der Waals surface area (Å²) < 4.78 is 122. The van der Waals surface area contributed by atoms with E-state index in [1.165, 1.54) is 0 Å². The molecule has 154 valence electrons. The Balaban J connectivity index is 2.63. The normalized spacial score (nSPS) is 21.1. The molecular weight excluding hydrogens is 415 g/mol. The van der Waals surface area contributed by atoms with Crippen LogP contribution >= 0.6 is 0 Å². The van der Waals surface area contributed by atoms with Gasteiger partial charge in [-0.1, -0.05) is 5.16 Å². The van der Waals surface area contributed by atoms with E-state index in [0.29, 0.717) is 7.05 Å². The topological polar surface area (TPSA) is 82.8 Å². The van der Waals surface area contributed by atoms with Crippen molar-refractivity contribution in [3.8, 4) is 5.88 Å². The molecule has 2 atom stereocenters. The number of hydrogen-bond donors (Lipinski definition) is 0. The molecule has 0 aliphatic carbocycles. The number of aryl methyl sites for hydroxylation is 1. The second-order valence-corrected chi connectivity index (χ2v) is 7.84. The number of oxime groups is 1. The average molecular weight is 427 g/mol. The van der Waals surface area contributed by atoms with E-state index >= 15 is 0 Å². The van der Waals surface area contributed by atoms with E-state index in [-0.39, 0.29) is 4.68 Å². The van der Waals surface area contributed by atoms with Crippen LogP contribution in [0.25, 0.3) is 0 Å². The van der Waals surface area contributed by atoms with Gasteiger partial charge < -0.3 is 9.57 Å². The molecule has 0 aromatic carbocycles. The molecule has 2 rings (SSSR count). The Bertz CT molecular complexity index is 863. The van der Waals surface area contributed by atoms with E-state index in [1.54, 1.807) is 0 Å². The average Bonchev–Trinajstić information content (AvgIpc) is 2.96. The van der Waals surface area contributed by atoms with Crippen LogP contribution in [0.5, 0.6) is 5.88 Å². The zero-order valence-electron chi connectivity index (χ0n) is 13.8.